The highest BCUT2D eigenvalue weighted by molar-refractivity contribution is 7.92. The van der Waals surface area contributed by atoms with Gasteiger partial charge in [0.05, 0.1) is 12.2 Å². The molecule has 1 atom stereocenters. The van der Waals surface area contributed by atoms with Crippen LogP contribution in [0.3, 0.4) is 0 Å². The number of sulfone groups is 1. The van der Waals surface area contributed by atoms with Crippen LogP contribution < -0.4 is 0 Å². The molecule has 0 fully saturated rings. The molecule has 0 amide bonds. The van der Waals surface area contributed by atoms with Crippen molar-refractivity contribution in [3.63, 3.8) is 0 Å². The van der Waals surface area contributed by atoms with Gasteiger partial charge in [0.2, 0.25) is 0 Å². The maximum absolute atomic E-state index is 14.3. The Morgan fingerprint density at radius 1 is 1.04 bits per heavy atom. The molecule has 0 N–H and O–H groups in total. The van der Waals surface area contributed by atoms with E-state index in [1.807, 2.05) is 0 Å². The molecule has 0 aromatic heterocycles. The van der Waals surface area contributed by atoms with E-state index in [0.717, 1.165) is 0 Å². The lowest BCUT2D eigenvalue weighted by atomic mass is 10.1. The van der Waals surface area contributed by atoms with E-state index >= 15 is 0 Å². The topological polar surface area (TPSA) is 57.9 Å². The quantitative estimate of drug-likeness (QED) is 0.596. The van der Waals surface area contributed by atoms with E-state index < -0.39 is 62.6 Å². The summed E-state index contributed by atoms with van der Waals surface area (Å²) in [6, 6.07) is 1.20. The summed E-state index contributed by atoms with van der Waals surface area (Å²) in [4.78, 5) is 0. The monoisotopic (exact) mass is 363 g/mol. The van der Waals surface area contributed by atoms with Gasteiger partial charge >= 0.3 is 6.18 Å². The van der Waals surface area contributed by atoms with Crippen LogP contribution in [0, 0.1) is 28.8 Å². The van der Waals surface area contributed by atoms with Gasteiger partial charge in [0.25, 0.3) is 5.00 Å². The molecular formula is C12H8F7NO2S. The molecular weight excluding hydrogens is 355 g/mol. The van der Waals surface area contributed by atoms with Crippen molar-refractivity contribution >= 4 is 9.84 Å². The third-order valence-electron chi connectivity index (χ3n) is 2.79. The molecule has 1 unspecified atom stereocenters. The Balaban J connectivity index is 3.13. The molecule has 0 bridgehead atoms. The summed E-state index contributed by atoms with van der Waals surface area (Å²) in [7, 11) is -5.23. The average molecular weight is 363 g/mol. The smallest absolute Gasteiger partial charge is 0.224 e. The molecule has 0 radical (unpaired) electrons. The lowest BCUT2D eigenvalue weighted by Gasteiger charge is -2.19. The minimum Gasteiger partial charge on any atom is -0.224 e. The summed E-state index contributed by atoms with van der Waals surface area (Å²) in [5.41, 5.74) is -0.735. The minimum atomic E-state index is -5.23. The van der Waals surface area contributed by atoms with Gasteiger partial charge < -0.3 is 0 Å². The van der Waals surface area contributed by atoms with Crippen LogP contribution in [-0.4, -0.2) is 25.3 Å². The summed E-state index contributed by atoms with van der Waals surface area (Å²) in [5, 5.41) is 4.82. The van der Waals surface area contributed by atoms with Crippen molar-refractivity contribution in [2.45, 2.75) is 24.0 Å². The fourth-order valence-electron chi connectivity index (χ4n) is 1.60. The molecule has 128 valence electrons. The second kappa shape index (κ2) is 6.35. The number of nitriles is 1. The third-order valence-corrected chi connectivity index (χ3v) is 4.75. The van der Waals surface area contributed by atoms with Crippen LogP contribution in [0.1, 0.15) is 12.0 Å². The number of rotatable bonds is 5. The normalized spacial score (nSPS) is 15.0. The summed E-state index contributed by atoms with van der Waals surface area (Å²) < 4.78 is 112. The summed E-state index contributed by atoms with van der Waals surface area (Å²) in [6.07, 6.45) is -8.25. The fraction of sp³-hybridized carbons (Fsp3) is 0.417. The number of benzene rings is 1. The van der Waals surface area contributed by atoms with Gasteiger partial charge in [-0.2, -0.15) is 18.4 Å². The first-order chi connectivity index (χ1) is 10.3. The van der Waals surface area contributed by atoms with E-state index in [-0.39, 0.29) is 12.1 Å². The van der Waals surface area contributed by atoms with E-state index in [4.69, 9.17) is 5.26 Å². The molecule has 0 aliphatic carbocycles. The van der Waals surface area contributed by atoms with Crippen molar-refractivity contribution in [3.05, 3.63) is 35.1 Å². The summed E-state index contributed by atoms with van der Waals surface area (Å²) in [5.74, 6) is -7.12. The highest BCUT2D eigenvalue weighted by Gasteiger charge is 2.46. The molecule has 11 heteroatoms. The van der Waals surface area contributed by atoms with Gasteiger partial charge in [0, 0.05) is 6.42 Å². The van der Waals surface area contributed by atoms with Crippen molar-refractivity contribution in [1.29, 1.82) is 5.26 Å². The Morgan fingerprint density at radius 2 is 1.52 bits per heavy atom. The van der Waals surface area contributed by atoms with E-state index in [1.165, 1.54) is 0 Å². The van der Waals surface area contributed by atoms with Crippen LogP contribution in [0.5, 0.6) is 0 Å². The van der Waals surface area contributed by atoms with Gasteiger partial charge in [-0.1, -0.05) is 0 Å². The molecule has 0 heterocycles. The minimum absolute atomic E-state index is 0.253. The Kier molecular flexibility index (Phi) is 5.30. The van der Waals surface area contributed by atoms with Gasteiger partial charge in [-0.15, -0.1) is 0 Å². The standard InChI is InChI=1S/C12H8F7NO2S/c13-8-3-7(4-9(14)10(8)15)5-11(16,6-20)23(21,22)2-1-12(17,18)19/h3-4H,1-2,5H2. The van der Waals surface area contributed by atoms with Crippen LogP contribution in [-0.2, 0) is 16.3 Å². The molecule has 1 aromatic carbocycles. The molecule has 23 heavy (non-hydrogen) atoms. The Morgan fingerprint density at radius 3 is 1.91 bits per heavy atom. The number of hydrogen-bond acceptors (Lipinski definition) is 3. The molecule has 0 aliphatic heterocycles. The zero-order valence-corrected chi connectivity index (χ0v) is 11.9. The highest BCUT2D eigenvalue weighted by Crippen LogP contribution is 2.29. The van der Waals surface area contributed by atoms with E-state index in [1.54, 1.807) is 0 Å². The Hall–Kier alpha value is -1.83. The Labute approximate surface area is 126 Å². The molecule has 1 aromatic rings. The van der Waals surface area contributed by atoms with E-state index in [9.17, 15) is 39.2 Å². The number of halogens is 7. The second-order valence-corrected chi connectivity index (χ2v) is 6.86. The van der Waals surface area contributed by atoms with Crippen LogP contribution in [0.2, 0.25) is 0 Å². The SMILES string of the molecule is N#CC(F)(Cc1cc(F)c(F)c(F)c1)S(=O)(=O)CCC(F)(F)F. The molecule has 1 rings (SSSR count). The lowest BCUT2D eigenvalue weighted by Crippen LogP contribution is -2.37. The number of hydrogen-bond donors (Lipinski definition) is 0. The highest BCUT2D eigenvalue weighted by atomic mass is 32.2. The van der Waals surface area contributed by atoms with Crippen LogP contribution in [0.15, 0.2) is 12.1 Å². The van der Waals surface area contributed by atoms with Gasteiger partial charge in [-0.25, -0.2) is 26.0 Å². The maximum atomic E-state index is 14.3. The first-order valence-electron chi connectivity index (χ1n) is 5.84. The van der Waals surface area contributed by atoms with Crippen LogP contribution in [0.4, 0.5) is 30.7 Å². The predicted molar refractivity (Wildman–Crippen MR) is 63.9 cm³/mol. The average Bonchev–Trinajstić information content (AvgIpc) is 2.41. The first kappa shape index (κ1) is 19.2. The third kappa shape index (κ3) is 4.57. The fourth-order valence-corrected chi connectivity index (χ4v) is 2.95. The van der Waals surface area contributed by atoms with Crippen molar-refractivity contribution in [2.24, 2.45) is 0 Å². The van der Waals surface area contributed by atoms with Gasteiger partial charge in [0.1, 0.15) is 6.07 Å². The zero-order chi connectivity index (χ0) is 18.1. The van der Waals surface area contributed by atoms with Crippen molar-refractivity contribution in [1.82, 2.24) is 0 Å². The Bertz CT molecular complexity index is 716. The maximum Gasteiger partial charge on any atom is 0.390 e. The van der Waals surface area contributed by atoms with E-state index in [0.29, 0.717) is 6.07 Å². The van der Waals surface area contributed by atoms with Gasteiger partial charge in [-0.3, -0.25) is 0 Å². The largest absolute Gasteiger partial charge is 0.390 e. The molecule has 0 spiro atoms. The molecule has 0 saturated carbocycles. The zero-order valence-electron chi connectivity index (χ0n) is 11.1. The van der Waals surface area contributed by atoms with E-state index in [2.05, 4.69) is 0 Å². The molecule has 0 saturated heterocycles. The van der Waals surface area contributed by atoms with Gasteiger partial charge in [-0.05, 0) is 17.7 Å². The summed E-state index contributed by atoms with van der Waals surface area (Å²) >= 11 is 0. The lowest BCUT2D eigenvalue weighted by molar-refractivity contribution is -0.130. The second-order valence-electron chi connectivity index (χ2n) is 4.57. The first-order valence-corrected chi connectivity index (χ1v) is 7.49. The summed E-state index contributed by atoms with van der Waals surface area (Å²) in [6.45, 7) is 0. The molecule has 3 nitrogen and oxygen atoms in total. The predicted octanol–water partition coefficient (Wildman–Crippen LogP) is 3.20. The molecule has 0 aliphatic rings. The van der Waals surface area contributed by atoms with Crippen molar-refractivity contribution < 1.29 is 39.2 Å². The number of nitrogens with zero attached hydrogens (tertiary/aromatic N) is 1. The van der Waals surface area contributed by atoms with Gasteiger partial charge in [0.15, 0.2) is 27.3 Å². The van der Waals surface area contributed by atoms with Crippen molar-refractivity contribution in [3.8, 4) is 6.07 Å². The number of alkyl halides is 4. The van der Waals surface area contributed by atoms with Crippen LogP contribution >= 0.6 is 0 Å². The van der Waals surface area contributed by atoms with Crippen molar-refractivity contribution in [2.75, 3.05) is 5.75 Å². The van der Waals surface area contributed by atoms with Crippen LogP contribution in [0.25, 0.3) is 0 Å².